The molecule has 1 aliphatic heterocycles. The Morgan fingerprint density at radius 3 is 2.68 bits per heavy atom. The van der Waals surface area contributed by atoms with E-state index in [0.29, 0.717) is 12.2 Å². The smallest absolute Gasteiger partial charge is 0.251 e. The lowest BCUT2D eigenvalue weighted by Gasteiger charge is -2.39. The van der Waals surface area contributed by atoms with Gasteiger partial charge in [-0.3, -0.25) is 0 Å². The third-order valence-corrected chi connectivity index (χ3v) is 6.89. The summed E-state index contributed by atoms with van der Waals surface area (Å²) in [7, 11) is -2.27. The standard InChI is InChI=1S/C17H23N3O4S/c1-11-7-6-9-14(13-8-4-5-10-15(13)23-3)20(11)25(21,22)16-12(2)24-19-17(16)18/h4-5,8,10-11,14H,6-7,9H2,1-3H3,(H2,18,19)/t11-,14-/m1/s1. The van der Waals surface area contributed by atoms with Gasteiger partial charge in [0.05, 0.1) is 13.2 Å². The summed E-state index contributed by atoms with van der Waals surface area (Å²) in [5, 5.41) is 3.61. The van der Waals surface area contributed by atoms with Gasteiger partial charge in [0, 0.05) is 11.6 Å². The molecule has 2 N–H and O–H groups in total. The molecule has 2 atom stereocenters. The van der Waals surface area contributed by atoms with E-state index in [1.165, 1.54) is 4.31 Å². The molecular weight excluding hydrogens is 342 g/mol. The number of para-hydroxylation sites is 1. The molecule has 2 aromatic rings. The van der Waals surface area contributed by atoms with Crippen LogP contribution in [0.4, 0.5) is 5.82 Å². The quantitative estimate of drug-likeness (QED) is 0.894. The maximum absolute atomic E-state index is 13.4. The Bertz CT molecular complexity index is 843. The van der Waals surface area contributed by atoms with Crippen molar-refractivity contribution in [3.05, 3.63) is 35.6 Å². The highest BCUT2D eigenvalue weighted by Crippen LogP contribution is 2.42. The molecule has 1 aromatic heterocycles. The van der Waals surface area contributed by atoms with Crippen molar-refractivity contribution < 1.29 is 17.7 Å². The number of benzene rings is 1. The van der Waals surface area contributed by atoms with E-state index in [1.54, 1.807) is 14.0 Å². The number of hydrogen-bond donors (Lipinski definition) is 1. The van der Waals surface area contributed by atoms with Crippen LogP contribution in [-0.4, -0.2) is 31.0 Å². The minimum absolute atomic E-state index is 0.0406. The van der Waals surface area contributed by atoms with Gasteiger partial charge in [-0.15, -0.1) is 0 Å². The fourth-order valence-corrected chi connectivity index (χ4v) is 5.65. The molecule has 2 heterocycles. The first kappa shape index (κ1) is 17.8. The summed E-state index contributed by atoms with van der Waals surface area (Å²) in [4.78, 5) is -0.0406. The first-order valence-electron chi connectivity index (χ1n) is 8.26. The zero-order valence-electron chi connectivity index (χ0n) is 14.6. The van der Waals surface area contributed by atoms with E-state index in [-0.39, 0.29) is 28.6 Å². The third-order valence-electron chi connectivity index (χ3n) is 4.71. The zero-order chi connectivity index (χ0) is 18.2. The molecule has 1 aromatic carbocycles. The molecule has 0 amide bonds. The van der Waals surface area contributed by atoms with Crippen LogP contribution in [0.2, 0.25) is 0 Å². The van der Waals surface area contributed by atoms with Crippen LogP contribution >= 0.6 is 0 Å². The average molecular weight is 365 g/mol. The second kappa shape index (κ2) is 6.68. The Morgan fingerprint density at radius 2 is 2.04 bits per heavy atom. The van der Waals surface area contributed by atoms with Gasteiger partial charge in [-0.25, -0.2) is 8.42 Å². The molecule has 0 saturated carbocycles. The van der Waals surface area contributed by atoms with Crippen LogP contribution < -0.4 is 10.5 Å². The number of aryl methyl sites for hydroxylation is 1. The maximum Gasteiger partial charge on any atom is 0.251 e. The Labute approximate surface area is 147 Å². The molecule has 25 heavy (non-hydrogen) atoms. The number of anilines is 1. The molecule has 7 nitrogen and oxygen atoms in total. The predicted molar refractivity (Wildman–Crippen MR) is 93.7 cm³/mol. The van der Waals surface area contributed by atoms with Gasteiger partial charge in [0.1, 0.15) is 5.75 Å². The number of nitrogen functional groups attached to an aromatic ring is 1. The second-order valence-electron chi connectivity index (χ2n) is 6.33. The van der Waals surface area contributed by atoms with Crippen molar-refractivity contribution >= 4 is 15.8 Å². The second-order valence-corrected chi connectivity index (χ2v) is 8.11. The van der Waals surface area contributed by atoms with Crippen LogP contribution in [0.5, 0.6) is 5.75 Å². The highest BCUT2D eigenvalue weighted by molar-refractivity contribution is 7.89. The van der Waals surface area contributed by atoms with E-state index < -0.39 is 10.0 Å². The van der Waals surface area contributed by atoms with Crippen LogP contribution in [0, 0.1) is 6.92 Å². The van der Waals surface area contributed by atoms with Gasteiger partial charge in [-0.1, -0.05) is 23.4 Å². The molecule has 0 radical (unpaired) electrons. The average Bonchev–Trinajstić information content (AvgIpc) is 2.93. The van der Waals surface area contributed by atoms with Crippen molar-refractivity contribution in [2.24, 2.45) is 0 Å². The van der Waals surface area contributed by atoms with Gasteiger partial charge >= 0.3 is 0 Å². The molecule has 8 heteroatoms. The van der Waals surface area contributed by atoms with Gasteiger partial charge in [0.15, 0.2) is 16.5 Å². The maximum atomic E-state index is 13.4. The van der Waals surface area contributed by atoms with Crippen LogP contribution in [0.15, 0.2) is 33.7 Å². The highest BCUT2D eigenvalue weighted by Gasteiger charge is 2.42. The molecule has 136 valence electrons. The van der Waals surface area contributed by atoms with Gasteiger partial charge < -0.3 is 15.0 Å². The van der Waals surface area contributed by atoms with Gasteiger partial charge in [-0.2, -0.15) is 4.31 Å². The largest absolute Gasteiger partial charge is 0.496 e. The summed E-state index contributed by atoms with van der Waals surface area (Å²) in [5.74, 6) is 0.778. The normalized spacial score (nSPS) is 22.0. The van der Waals surface area contributed by atoms with E-state index in [0.717, 1.165) is 18.4 Å². The minimum Gasteiger partial charge on any atom is -0.496 e. The van der Waals surface area contributed by atoms with E-state index in [1.807, 2.05) is 31.2 Å². The van der Waals surface area contributed by atoms with E-state index >= 15 is 0 Å². The van der Waals surface area contributed by atoms with Gasteiger partial charge in [-0.05, 0) is 39.2 Å². The fourth-order valence-electron chi connectivity index (χ4n) is 3.61. The van der Waals surface area contributed by atoms with Crippen molar-refractivity contribution in [1.82, 2.24) is 9.46 Å². The first-order valence-corrected chi connectivity index (χ1v) is 9.70. The zero-order valence-corrected chi connectivity index (χ0v) is 15.4. The van der Waals surface area contributed by atoms with Crippen molar-refractivity contribution in [3.8, 4) is 5.75 Å². The Morgan fingerprint density at radius 1 is 1.32 bits per heavy atom. The monoisotopic (exact) mass is 365 g/mol. The summed E-state index contributed by atoms with van der Waals surface area (Å²) in [6.45, 7) is 3.47. The Balaban J connectivity index is 2.13. The van der Waals surface area contributed by atoms with Crippen molar-refractivity contribution in [1.29, 1.82) is 0 Å². The topological polar surface area (TPSA) is 98.7 Å². The molecule has 0 bridgehead atoms. The Hall–Kier alpha value is -2.06. The number of nitrogens with two attached hydrogens (primary N) is 1. The molecule has 0 spiro atoms. The Kier molecular flexibility index (Phi) is 4.75. The minimum atomic E-state index is -3.86. The van der Waals surface area contributed by atoms with Crippen LogP contribution in [-0.2, 0) is 10.0 Å². The number of rotatable bonds is 4. The number of methoxy groups -OCH3 is 1. The number of aromatic nitrogens is 1. The summed E-state index contributed by atoms with van der Waals surface area (Å²) in [6, 6.07) is 7.03. The lowest BCUT2D eigenvalue weighted by Crippen LogP contribution is -2.44. The first-order chi connectivity index (χ1) is 11.9. The van der Waals surface area contributed by atoms with Gasteiger partial charge in [0.25, 0.3) is 10.0 Å². The summed E-state index contributed by atoms with van der Waals surface area (Å²) in [5.41, 5.74) is 6.64. The van der Waals surface area contributed by atoms with Crippen molar-refractivity contribution in [2.45, 2.75) is 50.1 Å². The number of sulfonamides is 1. The lowest BCUT2D eigenvalue weighted by atomic mass is 9.93. The summed E-state index contributed by atoms with van der Waals surface area (Å²) in [6.07, 6.45) is 2.44. The van der Waals surface area contributed by atoms with Crippen LogP contribution in [0.3, 0.4) is 0 Å². The lowest BCUT2D eigenvalue weighted by molar-refractivity contribution is 0.189. The number of nitrogens with zero attached hydrogens (tertiary/aromatic N) is 2. The molecule has 0 aliphatic carbocycles. The molecule has 1 fully saturated rings. The molecule has 3 rings (SSSR count). The van der Waals surface area contributed by atoms with Gasteiger partial charge in [0.2, 0.25) is 0 Å². The third kappa shape index (κ3) is 3.00. The molecule has 0 unspecified atom stereocenters. The van der Waals surface area contributed by atoms with E-state index in [2.05, 4.69) is 5.16 Å². The van der Waals surface area contributed by atoms with E-state index in [4.69, 9.17) is 15.0 Å². The summed E-state index contributed by atoms with van der Waals surface area (Å²) >= 11 is 0. The molecule has 1 saturated heterocycles. The predicted octanol–water partition coefficient (Wildman–Crippen LogP) is 2.88. The fraction of sp³-hybridized carbons (Fsp3) is 0.471. The van der Waals surface area contributed by atoms with Crippen LogP contribution in [0.25, 0.3) is 0 Å². The van der Waals surface area contributed by atoms with Crippen molar-refractivity contribution in [2.75, 3.05) is 12.8 Å². The SMILES string of the molecule is COc1ccccc1[C@H]1CCC[C@@H](C)N1S(=O)(=O)c1c(N)noc1C. The number of piperidine rings is 1. The summed E-state index contributed by atoms with van der Waals surface area (Å²) < 4.78 is 38.8. The number of ether oxygens (including phenoxy) is 1. The van der Waals surface area contributed by atoms with Crippen LogP contribution in [0.1, 0.15) is 43.6 Å². The molecular formula is C17H23N3O4S. The highest BCUT2D eigenvalue weighted by atomic mass is 32.2. The van der Waals surface area contributed by atoms with Crippen molar-refractivity contribution in [3.63, 3.8) is 0 Å². The molecule has 1 aliphatic rings. The number of hydrogen-bond acceptors (Lipinski definition) is 6. The van der Waals surface area contributed by atoms with E-state index in [9.17, 15) is 8.42 Å².